The second kappa shape index (κ2) is 7.16. The predicted molar refractivity (Wildman–Crippen MR) is 56.4 cm³/mol. The number of carbonyl (C=O) groups excluding carboxylic acids is 2. The molecule has 0 aromatic heterocycles. The topological polar surface area (TPSA) is 150 Å². The molecule has 0 aliphatic rings. The molecule has 0 radical (unpaired) electrons. The number of nitrogens with one attached hydrogen (secondary N) is 1. The highest BCUT2D eigenvalue weighted by atomic mass is 16.2. The summed E-state index contributed by atoms with van der Waals surface area (Å²) in [6.07, 6.45) is 0.482. The van der Waals surface area contributed by atoms with Crippen molar-refractivity contribution in [1.29, 1.82) is 0 Å². The van der Waals surface area contributed by atoms with Gasteiger partial charge in [0, 0.05) is 12.6 Å². The van der Waals surface area contributed by atoms with Gasteiger partial charge in [0.2, 0.25) is 11.8 Å². The molecule has 88 valence electrons. The molecule has 0 aromatic rings. The van der Waals surface area contributed by atoms with Crippen molar-refractivity contribution in [2.75, 3.05) is 13.1 Å². The minimum Gasteiger partial charge on any atom is -0.370 e. The number of hydrogen-bond acceptors (Lipinski definition) is 5. The average Bonchev–Trinajstić information content (AvgIpc) is 2.14. The Morgan fingerprint density at radius 2 is 1.80 bits per heavy atom. The van der Waals surface area contributed by atoms with E-state index in [1.807, 2.05) is 0 Å². The van der Waals surface area contributed by atoms with Crippen LogP contribution >= 0.6 is 0 Å². The van der Waals surface area contributed by atoms with Crippen molar-refractivity contribution in [2.24, 2.45) is 22.9 Å². The first-order chi connectivity index (χ1) is 7.01. The van der Waals surface area contributed by atoms with Gasteiger partial charge in [-0.05, 0) is 13.0 Å². The Hall–Kier alpha value is -1.18. The van der Waals surface area contributed by atoms with Crippen LogP contribution in [0.5, 0.6) is 0 Å². The SMILES string of the molecule is NCCC(CN)NC(CC(N)=O)C(N)=O. The predicted octanol–water partition coefficient (Wildman–Crippen LogP) is -3.02. The van der Waals surface area contributed by atoms with E-state index < -0.39 is 17.9 Å². The Labute approximate surface area is 88.5 Å². The molecule has 0 heterocycles. The Bertz CT molecular complexity index is 221. The molecule has 9 N–H and O–H groups in total. The van der Waals surface area contributed by atoms with E-state index in [0.717, 1.165) is 0 Å². The van der Waals surface area contributed by atoms with E-state index in [0.29, 0.717) is 19.5 Å². The van der Waals surface area contributed by atoms with Crippen LogP contribution in [0.4, 0.5) is 0 Å². The Balaban J connectivity index is 4.24. The van der Waals surface area contributed by atoms with Crippen LogP contribution in [0.1, 0.15) is 12.8 Å². The lowest BCUT2D eigenvalue weighted by Gasteiger charge is -2.21. The van der Waals surface area contributed by atoms with E-state index in [-0.39, 0.29) is 12.5 Å². The molecule has 0 aromatic carbocycles. The lowest BCUT2D eigenvalue weighted by molar-refractivity contribution is -0.125. The summed E-state index contributed by atoms with van der Waals surface area (Å²) in [7, 11) is 0. The van der Waals surface area contributed by atoms with Crippen molar-refractivity contribution in [3.63, 3.8) is 0 Å². The molecule has 0 bridgehead atoms. The van der Waals surface area contributed by atoms with Crippen molar-refractivity contribution in [2.45, 2.75) is 24.9 Å². The third-order valence-corrected chi connectivity index (χ3v) is 1.99. The lowest BCUT2D eigenvalue weighted by atomic mass is 10.1. The minimum absolute atomic E-state index is 0.129. The minimum atomic E-state index is -0.775. The summed E-state index contributed by atoms with van der Waals surface area (Å²) in [4.78, 5) is 21.6. The number of primary amides is 2. The molecule has 2 unspecified atom stereocenters. The fourth-order valence-electron chi connectivity index (χ4n) is 1.20. The fraction of sp³-hybridized carbons (Fsp3) is 0.750. The average molecular weight is 217 g/mol. The molecule has 0 saturated carbocycles. The van der Waals surface area contributed by atoms with Crippen LogP contribution in [-0.2, 0) is 9.59 Å². The molecule has 0 spiro atoms. The van der Waals surface area contributed by atoms with Crippen molar-refractivity contribution in [3.05, 3.63) is 0 Å². The van der Waals surface area contributed by atoms with E-state index in [4.69, 9.17) is 22.9 Å². The summed E-state index contributed by atoms with van der Waals surface area (Å²) in [6.45, 7) is 0.761. The highest BCUT2D eigenvalue weighted by Crippen LogP contribution is 1.95. The van der Waals surface area contributed by atoms with Crippen molar-refractivity contribution in [3.8, 4) is 0 Å². The molecule has 7 heteroatoms. The molecule has 15 heavy (non-hydrogen) atoms. The zero-order chi connectivity index (χ0) is 11.8. The van der Waals surface area contributed by atoms with Gasteiger partial charge in [0.15, 0.2) is 0 Å². The molecule has 0 aliphatic carbocycles. The number of rotatable bonds is 8. The van der Waals surface area contributed by atoms with Gasteiger partial charge < -0.3 is 28.3 Å². The Kier molecular flexibility index (Phi) is 6.59. The molecule has 0 fully saturated rings. The first kappa shape index (κ1) is 13.8. The summed E-state index contributed by atoms with van der Waals surface area (Å²) in [6, 6.07) is -0.908. The van der Waals surface area contributed by atoms with E-state index in [9.17, 15) is 9.59 Å². The Morgan fingerprint density at radius 1 is 1.20 bits per heavy atom. The normalized spacial score (nSPS) is 14.5. The van der Waals surface area contributed by atoms with Gasteiger partial charge in [0.1, 0.15) is 0 Å². The second-order valence-electron chi connectivity index (χ2n) is 3.30. The van der Waals surface area contributed by atoms with Crippen molar-refractivity contribution < 1.29 is 9.59 Å². The van der Waals surface area contributed by atoms with Crippen LogP contribution in [0, 0.1) is 0 Å². The van der Waals surface area contributed by atoms with Crippen molar-refractivity contribution >= 4 is 11.8 Å². The third kappa shape index (κ3) is 6.00. The number of amides is 2. The number of hydrogen-bond donors (Lipinski definition) is 5. The van der Waals surface area contributed by atoms with Gasteiger partial charge in [0.05, 0.1) is 12.5 Å². The summed E-state index contributed by atoms with van der Waals surface area (Å²) < 4.78 is 0. The molecule has 2 atom stereocenters. The van der Waals surface area contributed by atoms with E-state index in [1.54, 1.807) is 0 Å². The van der Waals surface area contributed by atoms with Gasteiger partial charge in [-0.25, -0.2) is 0 Å². The van der Waals surface area contributed by atoms with Gasteiger partial charge in [-0.1, -0.05) is 0 Å². The first-order valence-electron chi connectivity index (χ1n) is 4.75. The zero-order valence-corrected chi connectivity index (χ0v) is 8.61. The Morgan fingerprint density at radius 3 is 2.13 bits per heavy atom. The molecule has 0 rings (SSSR count). The first-order valence-corrected chi connectivity index (χ1v) is 4.75. The molecular weight excluding hydrogens is 198 g/mol. The van der Waals surface area contributed by atoms with Crippen LogP contribution in [0.15, 0.2) is 0 Å². The van der Waals surface area contributed by atoms with Gasteiger partial charge in [-0.2, -0.15) is 0 Å². The summed E-state index contributed by atoms with van der Waals surface area (Å²) in [5, 5.41) is 2.86. The zero-order valence-electron chi connectivity index (χ0n) is 8.61. The third-order valence-electron chi connectivity index (χ3n) is 1.99. The quantitative estimate of drug-likeness (QED) is 0.293. The van der Waals surface area contributed by atoms with Crippen LogP contribution in [0.2, 0.25) is 0 Å². The van der Waals surface area contributed by atoms with Crippen LogP contribution in [0.25, 0.3) is 0 Å². The highest BCUT2D eigenvalue weighted by Gasteiger charge is 2.20. The maximum atomic E-state index is 11.0. The lowest BCUT2D eigenvalue weighted by Crippen LogP contribution is -2.51. The van der Waals surface area contributed by atoms with Gasteiger partial charge >= 0.3 is 0 Å². The van der Waals surface area contributed by atoms with Gasteiger partial charge in [-0.3, -0.25) is 9.59 Å². The number of nitrogens with two attached hydrogens (primary N) is 4. The second-order valence-corrected chi connectivity index (χ2v) is 3.30. The van der Waals surface area contributed by atoms with Crippen LogP contribution < -0.4 is 28.3 Å². The molecule has 2 amide bonds. The molecular formula is C8H19N5O2. The van der Waals surface area contributed by atoms with Gasteiger partial charge in [0.25, 0.3) is 0 Å². The van der Waals surface area contributed by atoms with Crippen LogP contribution in [0.3, 0.4) is 0 Å². The van der Waals surface area contributed by atoms with E-state index >= 15 is 0 Å². The standard InChI is InChI=1S/C8H19N5O2/c9-2-1-5(4-10)13-6(8(12)15)3-7(11)14/h5-6,13H,1-4,9-10H2,(H2,11,14)(H2,12,15). The molecule has 0 saturated heterocycles. The largest absolute Gasteiger partial charge is 0.370 e. The maximum Gasteiger partial charge on any atom is 0.235 e. The summed E-state index contributed by atoms with van der Waals surface area (Å²) in [5.74, 6) is -1.21. The smallest absolute Gasteiger partial charge is 0.235 e. The molecule has 0 aliphatic heterocycles. The maximum absolute atomic E-state index is 11.0. The van der Waals surface area contributed by atoms with Crippen LogP contribution in [-0.4, -0.2) is 37.0 Å². The van der Waals surface area contributed by atoms with E-state index in [2.05, 4.69) is 5.32 Å². The number of carbonyl (C=O) groups is 2. The molecule has 7 nitrogen and oxygen atoms in total. The highest BCUT2D eigenvalue weighted by molar-refractivity contribution is 5.86. The summed E-state index contributed by atoms with van der Waals surface area (Å²) >= 11 is 0. The monoisotopic (exact) mass is 217 g/mol. The van der Waals surface area contributed by atoms with Crippen molar-refractivity contribution in [1.82, 2.24) is 5.32 Å². The fourth-order valence-corrected chi connectivity index (χ4v) is 1.20. The van der Waals surface area contributed by atoms with E-state index in [1.165, 1.54) is 0 Å². The van der Waals surface area contributed by atoms with Gasteiger partial charge in [-0.15, -0.1) is 0 Å². The summed E-state index contributed by atoms with van der Waals surface area (Å²) in [5.41, 5.74) is 20.9.